The van der Waals surface area contributed by atoms with Crippen LogP contribution >= 0.6 is 27.5 Å². The molecule has 0 fully saturated rings. The summed E-state index contributed by atoms with van der Waals surface area (Å²) in [7, 11) is 0. The predicted molar refractivity (Wildman–Crippen MR) is 82.3 cm³/mol. The number of rotatable bonds is 3. The van der Waals surface area contributed by atoms with E-state index in [1.165, 1.54) is 11.6 Å². The van der Waals surface area contributed by atoms with Gasteiger partial charge in [0, 0.05) is 10.0 Å². The molecule has 0 aliphatic carbocycles. The Morgan fingerprint density at radius 2 is 1.58 bits per heavy atom. The molecule has 0 aliphatic rings. The van der Waals surface area contributed by atoms with Crippen LogP contribution in [0, 0.1) is 5.82 Å². The van der Waals surface area contributed by atoms with Crippen LogP contribution in [0.2, 0.25) is 0 Å². The average molecular weight is 342 g/mol. The lowest BCUT2D eigenvalue weighted by Crippen LogP contribution is -1.99. The summed E-state index contributed by atoms with van der Waals surface area (Å²) >= 11 is 9.76. The van der Waals surface area contributed by atoms with Gasteiger partial charge in [-0.05, 0) is 29.2 Å². The van der Waals surface area contributed by atoms with Gasteiger partial charge in [-0.15, -0.1) is 11.6 Å². The monoisotopic (exact) mass is 340 g/mol. The van der Waals surface area contributed by atoms with E-state index in [0.29, 0.717) is 16.0 Å². The molecule has 2 aromatic rings. The molecule has 0 saturated heterocycles. The van der Waals surface area contributed by atoms with Crippen LogP contribution < -0.4 is 0 Å². The van der Waals surface area contributed by atoms with Crippen molar-refractivity contribution in [1.82, 2.24) is 0 Å². The summed E-state index contributed by atoms with van der Waals surface area (Å²) in [5.74, 6) is 0.185. The van der Waals surface area contributed by atoms with Gasteiger partial charge in [0.15, 0.2) is 0 Å². The Morgan fingerprint density at radius 3 is 2.11 bits per heavy atom. The highest BCUT2D eigenvalue weighted by atomic mass is 79.9. The van der Waals surface area contributed by atoms with Crippen molar-refractivity contribution in [3.8, 4) is 0 Å². The van der Waals surface area contributed by atoms with E-state index in [-0.39, 0.29) is 5.82 Å². The number of halogens is 3. The Kier molecular flexibility index (Phi) is 4.64. The van der Waals surface area contributed by atoms with Gasteiger partial charge in [-0.1, -0.05) is 60.1 Å². The maximum atomic E-state index is 13.9. The first-order chi connectivity index (χ1) is 9.00. The maximum absolute atomic E-state index is 13.9. The van der Waals surface area contributed by atoms with E-state index >= 15 is 0 Å². The largest absolute Gasteiger partial charge is 0.207 e. The van der Waals surface area contributed by atoms with E-state index in [9.17, 15) is 4.39 Å². The predicted octanol–water partition coefficient (Wildman–Crippen LogP) is 6.04. The molecule has 0 spiro atoms. The van der Waals surface area contributed by atoms with Crippen LogP contribution in [0.15, 0.2) is 46.9 Å². The molecule has 0 aliphatic heterocycles. The van der Waals surface area contributed by atoms with Crippen LogP contribution in [0.4, 0.5) is 4.39 Å². The van der Waals surface area contributed by atoms with Crippen LogP contribution in [-0.4, -0.2) is 0 Å². The molecule has 0 bridgehead atoms. The first-order valence-corrected chi connectivity index (χ1v) is 7.41. The molecule has 0 heterocycles. The quantitative estimate of drug-likeness (QED) is 0.597. The molecule has 100 valence electrons. The summed E-state index contributed by atoms with van der Waals surface area (Å²) in [5.41, 5.74) is 2.64. The number of benzene rings is 2. The Labute approximate surface area is 126 Å². The third-order valence-corrected chi connectivity index (χ3v) is 4.31. The van der Waals surface area contributed by atoms with Crippen molar-refractivity contribution >= 4 is 27.5 Å². The number of hydrogen-bond acceptors (Lipinski definition) is 0. The van der Waals surface area contributed by atoms with E-state index in [0.717, 1.165) is 5.56 Å². The van der Waals surface area contributed by atoms with Gasteiger partial charge in [0.1, 0.15) is 5.82 Å². The van der Waals surface area contributed by atoms with Crippen molar-refractivity contribution in [1.29, 1.82) is 0 Å². The highest BCUT2D eigenvalue weighted by Gasteiger charge is 2.18. The minimum absolute atomic E-state index is 0.290. The fourth-order valence-corrected chi connectivity index (χ4v) is 3.04. The molecule has 19 heavy (non-hydrogen) atoms. The van der Waals surface area contributed by atoms with Crippen LogP contribution in [-0.2, 0) is 0 Å². The summed E-state index contributed by atoms with van der Waals surface area (Å²) in [4.78, 5) is 0. The molecule has 0 aromatic heterocycles. The van der Waals surface area contributed by atoms with Gasteiger partial charge in [0.25, 0.3) is 0 Å². The van der Waals surface area contributed by atoms with Gasteiger partial charge >= 0.3 is 0 Å². The van der Waals surface area contributed by atoms with E-state index in [1.54, 1.807) is 12.1 Å². The Hall–Kier alpha value is -0.860. The van der Waals surface area contributed by atoms with E-state index in [4.69, 9.17) is 11.6 Å². The van der Waals surface area contributed by atoms with Crippen molar-refractivity contribution in [2.45, 2.75) is 25.1 Å². The SMILES string of the molecule is CC(C)c1ccc(C(Cl)c2c(F)cccc2Br)cc1. The summed E-state index contributed by atoms with van der Waals surface area (Å²) in [6.45, 7) is 4.28. The van der Waals surface area contributed by atoms with Gasteiger partial charge in [0.2, 0.25) is 0 Å². The van der Waals surface area contributed by atoms with Crippen LogP contribution in [0.1, 0.15) is 41.8 Å². The first kappa shape index (κ1) is 14.5. The summed E-state index contributed by atoms with van der Waals surface area (Å²) < 4.78 is 14.6. The second kappa shape index (κ2) is 6.06. The average Bonchev–Trinajstić information content (AvgIpc) is 2.38. The van der Waals surface area contributed by atoms with E-state index in [1.807, 2.05) is 24.3 Å². The number of alkyl halides is 1. The highest BCUT2D eigenvalue weighted by molar-refractivity contribution is 9.10. The van der Waals surface area contributed by atoms with Crippen molar-refractivity contribution in [2.24, 2.45) is 0 Å². The second-order valence-electron chi connectivity index (χ2n) is 4.82. The minimum atomic E-state index is -0.489. The molecule has 2 rings (SSSR count). The summed E-state index contributed by atoms with van der Waals surface area (Å²) in [6.07, 6.45) is 0. The van der Waals surface area contributed by atoms with Crippen molar-refractivity contribution in [3.05, 3.63) is 69.4 Å². The maximum Gasteiger partial charge on any atom is 0.129 e. The van der Waals surface area contributed by atoms with Gasteiger partial charge in [-0.2, -0.15) is 0 Å². The molecule has 1 atom stereocenters. The van der Waals surface area contributed by atoms with Gasteiger partial charge in [-0.3, -0.25) is 0 Å². The third kappa shape index (κ3) is 3.18. The Morgan fingerprint density at radius 1 is 1.00 bits per heavy atom. The molecule has 1 unspecified atom stereocenters. The van der Waals surface area contributed by atoms with Crippen molar-refractivity contribution < 1.29 is 4.39 Å². The zero-order valence-corrected chi connectivity index (χ0v) is 13.2. The summed E-state index contributed by atoms with van der Waals surface area (Å²) in [5, 5.41) is -0.489. The third-order valence-electron chi connectivity index (χ3n) is 3.15. The molecule has 3 heteroatoms. The smallest absolute Gasteiger partial charge is 0.129 e. The Bertz CT molecular complexity index is 543. The minimum Gasteiger partial charge on any atom is -0.207 e. The lowest BCUT2D eigenvalue weighted by atomic mass is 9.98. The highest BCUT2D eigenvalue weighted by Crippen LogP contribution is 2.35. The molecule has 0 radical (unpaired) electrons. The van der Waals surface area contributed by atoms with Crippen molar-refractivity contribution in [3.63, 3.8) is 0 Å². The molecule has 0 nitrogen and oxygen atoms in total. The fraction of sp³-hybridized carbons (Fsp3) is 0.250. The van der Waals surface area contributed by atoms with Gasteiger partial charge in [0.05, 0.1) is 5.38 Å². The van der Waals surface area contributed by atoms with Gasteiger partial charge < -0.3 is 0 Å². The standard InChI is InChI=1S/C16H15BrClF/c1-10(2)11-6-8-12(9-7-11)16(18)15-13(17)4-3-5-14(15)19/h3-10,16H,1-2H3. The van der Waals surface area contributed by atoms with Crippen LogP contribution in [0.25, 0.3) is 0 Å². The van der Waals surface area contributed by atoms with Crippen LogP contribution in [0.3, 0.4) is 0 Å². The summed E-state index contributed by atoms with van der Waals surface area (Å²) in [6, 6.07) is 12.9. The van der Waals surface area contributed by atoms with Crippen LogP contribution in [0.5, 0.6) is 0 Å². The molecule has 0 N–H and O–H groups in total. The molecule has 0 saturated carbocycles. The topological polar surface area (TPSA) is 0 Å². The normalized spacial score (nSPS) is 12.7. The zero-order valence-electron chi connectivity index (χ0n) is 10.8. The lowest BCUT2D eigenvalue weighted by Gasteiger charge is -2.14. The number of hydrogen-bond donors (Lipinski definition) is 0. The first-order valence-electron chi connectivity index (χ1n) is 6.18. The zero-order chi connectivity index (χ0) is 14.0. The second-order valence-corrected chi connectivity index (χ2v) is 6.11. The van der Waals surface area contributed by atoms with Crippen molar-refractivity contribution in [2.75, 3.05) is 0 Å². The molecule has 0 amide bonds. The fourth-order valence-electron chi connectivity index (χ4n) is 1.97. The molecular weight excluding hydrogens is 327 g/mol. The van der Waals surface area contributed by atoms with E-state index < -0.39 is 5.38 Å². The lowest BCUT2D eigenvalue weighted by molar-refractivity contribution is 0.611. The molecular formula is C16H15BrClF. The Balaban J connectivity index is 2.36. The van der Waals surface area contributed by atoms with Gasteiger partial charge in [-0.25, -0.2) is 4.39 Å². The van der Waals surface area contributed by atoms with E-state index in [2.05, 4.69) is 29.8 Å². The molecule has 2 aromatic carbocycles.